The van der Waals surface area contributed by atoms with Gasteiger partial charge < -0.3 is 16.0 Å². The molecular weight excluding hydrogens is 386 g/mol. The van der Waals surface area contributed by atoms with Crippen molar-refractivity contribution in [2.24, 2.45) is 11.8 Å². The second-order valence-corrected chi connectivity index (χ2v) is 8.23. The Bertz CT molecular complexity index is 840. The average molecular weight is 418 g/mol. The van der Waals surface area contributed by atoms with Gasteiger partial charge in [-0.15, -0.1) is 12.4 Å². The summed E-state index contributed by atoms with van der Waals surface area (Å²) in [6, 6.07) is 13.8. The first-order valence-corrected chi connectivity index (χ1v) is 10.2. The van der Waals surface area contributed by atoms with Gasteiger partial charge in [0.25, 0.3) is 0 Å². The second-order valence-electron chi connectivity index (χ2n) is 8.23. The average Bonchev–Trinajstić information content (AvgIpc) is 2.67. The minimum Gasteiger partial charge on any atom is -0.351 e. The molecule has 0 spiro atoms. The van der Waals surface area contributed by atoms with Crippen molar-refractivity contribution in [3.05, 3.63) is 48.0 Å². The van der Waals surface area contributed by atoms with Gasteiger partial charge in [0.05, 0.1) is 6.42 Å². The van der Waals surface area contributed by atoms with Gasteiger partial charge in [0.15, 0.2) is 0 Å². The molecule has 1 saturated heterocycles. The number of carbonyl (C=O) groups is 2. The fourth-order valence-corrected chi connectivity index (χ4v) is 3.79. The molecule has 5 nitrogen and oxygen atoms in total. The van der Waals surface area contributed by atoms with Crippen LogP contribution in [0.3, 0.4) is 0 Å². The van der Waals surface area contributed by atoms with Crippen LogP contribution in [0.1, 0.15) is 32.8 Å². The Morgan fingerprint density at radius 1 is 1.14 bits per heavy atom. The van der Waals surface area contributed by atoms with Gasteiger partial charge in [-0.2, -0.15) is 0 Å². The van der Waals surface area contributed by atoms with E-state index in [1.54, 1.807) is 0 Å². The number of benzene rings is 2. The fourth-order valence-electron chi connectivity index (χ4n) is 3.79. The lowest BCUT2D eigenvalue weighted by Gasteiger charge is -2.32. The first-order valence-electron chi connectivity index (χ1n) is 10.2. The molecule has 3 atom stereocenters. The van der Waals surface area contributed by atoms with E-state index in [0.29, 0.717) is 5.92 Å². The number of rotatable bonds is 6. The third-order valence-corrected chi connectivity index (χ3v) is 5.56. The lowest BCUT2D eigenvalue weighted by molar-refractivity contribution is -0.130. The number of carbonyl (C=O) groups excluding carboxylic acids is 2. The van der Waals surface area contributed by atoms with Gasteiger partial charge in [-0.3, -0.25) is 9.59 Å². The van der Waals surface area contributed by atoms with Crippen LogP contribution in [0.25, 0.3) is 10.8 Å². The summed E-state index contributed by atoms with van der Waals surface area (Å²) in [6.07, 6.45) is 1.19. The van der Waals surface area contributed by atoms with Gasteiger partial charge in [0.1, 0.15) is 6.04 Å². The highest BCUT2D eigenvalue weighted by Crippen LogP contribution is 2.16. The molecule has 29 heavy (non-hydrogen) atoms. The van der Waals surface area contributed by atoms with Crippen LogP contribution >= 0.6 is 12.4 Å². The Morgan fingerprint density at radius 3 is 2.55 bits per heavy atom. The fraction of sp³-hybridized carbons (Fsp3) is 0.478. The zero-order chi connectivity index (χ0) is 20.1. The van der Waals surface area contributed by atoms with Crippen molar-refractivity contribution in [1.82, 2.24) is 16.0 Å². The smallest absolute Gasteiger partial charge is 0.243 e. The number of amides is 2. The summed E-state index contributed by atoms with van der Waals surface area (Å²) >= 11 is 0. The van der Waals surface area contributed by atoms with E-state index in [9.17, 15) is 9.59 Å². The van der Waals surface area contributed by atoms with E-state index >= 15 is 0 Å². The van der Waals surface area contributed by atoms with E-state index in [1.165, 1.54) is 0 Å². The SMILES string of the molecule is CC(C)C(NC(=O)Cc1ccc2ccccc2c1)C(=O)NC1CCNCC1C.Cl. The minimum atomic E-state index is -0.518. The van der Waals surface area contributed by atoms with Gasteiger partial charge in [0.2, 0.25) is 11.8 Å². The molecule has 158 valence electrons. The molecule has 3 unspecified atom stereocenters. The van der Waals surface area contributed by atoms with Crippen molar-refractivity contribution in [3.8, 4) is 0 Å². The molecular formula is C23H32ClN3O2. The molecule has 0 saturated carbocycles. The van der Waals surface area contributed by atoms with E-state index in [1.807, 2.05) is 50.2 Å². The Labute approximate surface area is 179 Å². The van der Waals surface area contributed by atoms with Crippen LogP contribution in [0.2, 0.25) is 0 Å². The Kier molecular flexibility index (Phi) is 8.47. The highest BCUT2D eigenvalue weighted by molar-refractivity contribution is 5.90. The minimum absolute atomic E-state index is 0. The molecule has 0 bridgehead atoms. The van der Waals surface area contributed by atoms with E-state index < -0.39 is 6.04 Å². The number of nitrogens with one attached hydrogen (secondary N) is 3. The maximum absolute atomic E-state index is 12.8. The number of halogens is 1. The van der Waals surface area contributed by atoms with Crippen LogP contribution in [-0.2, 0) is 16.0 Å². The summed E-state index contributed by atoms with van der Waals surface area (Å²) < 4.78 is 0. The molecule has 3 rings (SSSR count). The lowest BCUT2D eigenvalue weighted by atomic mass is 9.94. The number of hydrogen-bond acceptors (Lipinski definition) is 3. The van der Waals surface area contributed by atoms with Crippen LogP contribution in [0, 0.1) is 11.8 Å². The summed E-state index contributed by atoms with van der Waals surface area (Å²) in [4.78, 5) is 25.4. The molecule has 2 aromatic carbocycles. The van der Waals surface area contributed by atoms with Gasteiger partial charge in [-0.25, -0.2) is 0 Å². The molecule has 0 aromatic heterocycles. The molecule has 1 heterocycles. The summed E-state index contributed by atoms with van der Waals surface area (Å²) in [6.45, 7) is 7.89. The van der Waals surface area contributed by atoms with Crippen molar-refractivity contribution in [1.29, 1.82) is 0 Å². The molecule has 2 aromatic rings. The number of piperidine rings is 1. The Hall–Kier alpha value is -2.11. The monoisotopic (exact) mass is 417 g/mol. The molecule has 0 radical (unpaired) electrons. The molecule has 3 N–H and O–H groups in total. The van der Waals surface area contributed by atoms with E-state index in [2.05, 4.69) is 28.9 Å². The molecule has 1 aliphatic rings. The standard InChI is InChI=1S/C23H31N3O2.ClH/c1-15(2)22(23(28)25-20-10-11-24-14-16(20)3)26-21(27)13-17-8-9-18-6-4-5-7-19(18)12-17;/h4-9,12,15-16,20,22,24H,10-11,13-14H2,1-3H3,(H,25,28)(H,26,27);1H. The molecule has 0 aliphatic carbocycles. The molecule has 1 aliphatic heterocycles. The zero-order valence-electron chi connectivity index (χ0n) is 17.4. The summed E-state index contributed by atoms with van der Waals surface area (Å²) in [7, 11) is 0. The normalized spacial score (nSPS) is 20.0. The van der Waals surface area contributed by atoms with E-state index in [0.717, 1.165) is 35.8 Å². The number of hydrogen-bond donors (Lipinski definition) is 3. The largest absolute Gasteiger partial charge is 0.351 e. The van der Waals surface area contributed by atoms with Crippen LogP contribution in [0.15, 0.2) is 42.5 Å². The summed E-state index contributed by atoms with van der Waals surface area (Å²) in [5, 5.41) is 11.7. The highest BCUT2D eigenvalue weighted by Gasteiger charge is 2.29. The first-order chi connectivity index (χ1) is 13.4. The predicted molar refractivity (Wildman–Crippen MR) is 120 cm³/mol. The maximum atomic E-state index is 12.8. The molecule has 2 amide bonds. The molecule has 6 heteroatoms. The van der Waals surface area contributed by atoms with Gasteiger partial charge in [-0.05, 0) is 47.7 Å². The van der Waals surface area contributed by atoms with Crippen molar-refractivity contribution in [2.75, 3.05) is 13.1 Å². The topological polar surface area (TPSA) is 70.2 Å². The maximum Gasteiger partial charge on any atom is 0.243 e. The Balaban J connectivity index is 0.00000300. The first kappa shape index (κ1) is 23.2. The van der Waals surface area contributed by atoms with Gasteiger partial charge in [-0.1, -0.05) is 63.2 Å². The van der Waals surface area contributed by atoms with Gasteiger partial charge >= 0.3 is 0 Å². The van der Waals surface area contributed by atoms with Crippen LogP contribution in [0.5, 0.6) is 0 Å². The third-order valence-electron chi connectivity index (χ3n) is 5.56. The lowest BCUT2D eigenvalue weighted by Crippen LogP contribution is -2.56. The van der Waals surface area contributed by atoms with Crippen LogP contribution in [0.4, 0.5) is 0 Å². The van der Waals surface area contributed by atoms with Crippen molar-refractivity contribution >= 4 is 35.0 Å². The number of fused-ring (bicyclic) bond motifs is 1. The van der Waals surface area contributed by atoms with Crippen molar-refractivity contribution in [3.63, 3.8) is 0 Å². The third kappa shape index (κ3) is 6.18. The van der Waals surface area contributed by atoms with Crippen molar-refractivity contribution in [2.45, 2.75) is 45.7 Å². The Morgan fingerprint density at radius 2 is 1.86 bits per heavy atom. The van der Waals surface area contributed by atoms with Crippen molar-refractivity contribution < 1.29 is 9.59 Å². The zero-order valence-corrected chi connectivity index (χ0v) is 18.2. The van der Waals surface area contributed by atoms with Crippen LogP contribution in [-0.4, -0.2) is 37.0 Å². The summed E-state index contributed by atoms with van der Waals surface area (Å²) in [5.41, 5.74) is 0.950. The highest BCUT2D eigenvalue weighted by atomic mass is 35.5. The van der Waals surface area contributed by atoms with E-state index in [-0.39, 0.29) is 42.6 Å². The quantitative estimate of drug-likeness (QED) is 0.676. The summed E-state index contributed by atoms with van der Waals surface area (Å²) in [5.74, 6) is 0.208. The predicted octanol–water partition coefficient (Wildman–Crippen LogP) is 3.06. The van der Waals surface area contributed by atoms with Crippen LogP contribution < -0.4 is 16.0 Å². The molecule has 1 fully saturated rings. The van der Waals surface area contributed by atoms with E-state index in [4.69, 9.17) is 0 Å². The second kappa shape index (κ2) is 10.6. The van der Waals surface area contributed by atoms with Gasteiger partial charge in [0, 0.05) is 6.04 Å².